The molecule has 132 valence electrons. The van der Waals surface area contributed by atoms with Crippen molar-refractivity contribution in [2.75, 3.05) is 13.1 Å². The van der Waals surface area contributed by atoms with Gasteiger partial charge in [-0.15, -0.1) is 0 Å². The zero-order chi connectivity index (χ0) is 17.9. The Bertz CT molecular complexity index is 889. The van der Waals surface area contributed by atoms with E-state index in [0.717, 1.165) is 31.5 Å². The molecular formula is C21H20FN3O. The number of nitrogens with zero attached hydrogens (tertiary/aromatic N) is 2. The van der Waals surface area contributed by atoms with Crippen LogP contribution in [0.4, 0.5) is 4.39 Å². The van der Waals surface area contributed by atoms with Gasteiger partial charge in [0.25, 0.3) is 5.91 Å². The summed E-state index contributed by atoms with van der Waals surface area (Å²) in [5, 5.41) is 7.03. The van der Waals surface area contributed by atoms with E-state index in [0.29, 0.717) is 17.3 Å². The summed E-state index contributed by atoms with van der Waals surface area (Å²) in [5.74, 6) is 0.171. The van der Waals surface area contributed by atoms with Crippen molar-refractivity contribution >= 4 is 5.91 Å². The number of amides is 1. The molecule has 0 bridgehead atoms. The van der Waals surface area contributed by atoms with Crippen LogP contribution in [-0.4, -0.2) is 34.1 Å². The Morgan fingerprint density at radius 2 is 1.92 bits per heavy atom. The number of hydrogen-bond acceptors (Lipinski definition) is 2. The molecule has 0 aliphatic carbocycles. The molecule has 0 spiro atoms. The molecule has 0 saturated carbocycles. The highest BCUT2D eigenvalue weighted by Gasteiger charge is 2.28. The van der Waals surface area contributed by atoms with Crippen LogP contribution in [0.5, 0.6) is 0 Å². The van der Waals surface area contributed by atoms with Gasteiger partial charge in [-0.1, -0.05) is 30.3 Å². The van der Waals surface area contributed by atoms with Crippen LogP contribution in [0, 0.1) is 11.7 Å². The third-order valence-electron chi connectivity index (χ3n) is 4.89. The summed E-state index contributed by atoms with van der Waals surface area (Å²) in [7, 11) is 0. The maximum Gasteiger partial charge on any atom is 0.271 e. The van der Waals surface area contributed by atoms with Crippen molar-refractivity contribution in [3.63, 3.8) is 0 Å². The number of rotatable bonds is 4. The van der Waals surface area contributed by atoms with E-state index in [1.165, 1.54) is 17.7 Å². The van der Waals surface area contributed by atoms with Gasteiger partial charge in [-0.3, -0.25) is 9.89 Å². The predicted octanol–water partition coefficient (Wildman–Crippen LogP) is 3.92. The maximum atomic E-state index is 13.0. The fraction of sp³-hybridized carbons (Fsp3) is 0.238. The van der Waals surface area contributed by atoms with Gasteiger partial charge in [0.2, 0.25) is 0 Å². The molecule has 1 N–H and O–H groups in total. The van der Waals surface area contributed by atoms with Crippen molar-refractivity contribution in [2.45, 2.75) is 12.8 Å². The zero-order valence-corrected chi connectivity index (χ0v) is 14.4. The minimum atomic E-state index is -0.290. The van der Waals surface area contributed by atoms with Gasteiger partial charge in [-0.05, 0) is 54.7 Å². The zero-order valence-electron chi connectivity index (χ0n) is 14.4. The van der Waals surface area contributed by atoms with Gasteiger partial charge in [-0.25, -0.2) is 4.39 Å². The number of nitrogens with one attached hydrogen (secondary N) is 1. The number of benzene rings is 2. The highest BCUT2D eigenvalue weighted by Crippen LogP contribution is 2.24. The fourth-order valence-corrected chi connectivity index (χ4v) is 3.50. The van der Waals surface area contributed by atoms with Crippen molar-refractivity contribution in [2.24, 2.45) is 5.92 Å². The summed E-state index contributed by atoms with van der Waals surface area (Å²) in [6.07, 6.45) is 2.01. The summed E-state index contributed by atoms with van der Waals surface area (Å²) < 4.78 is 13.0. The van der Waals surface area contributed by atoms with Crippen molar-refractivity contribution in [3.05, 3.63) is 77.7 Å². The molecule has 1 saturated heterocycles. The number of aromatic nitrogens is 2. The molecule has 1 aromatic heterocycles. The summed E-state index contributed by atoms with van der Waals surface area (Å²) in [4.78, 5) is 14.6. The Balaban J connectivity index is 1.41. The van der Waals surface area contributed by atoms with Crippen molar-refractivity contribution in [1.82, 2.24) is 15.1 Å². The minimum absolute atomic E-state index is 0.0265. The first-order valence-corrected chi connectivity index (χ1v) is 8.83. The fourth-order valence-electron chi connectivity index (χ4n) is 3.50. The molecule has 1 atom stereocenters. The largest absolute Gasteiger partial charge is 0.337 e. The van der Waals surface area contributed by atoms with Crippen LogP contribution in [0.3, 0.4) is 0 Å². The molecule has 2 aromatic carbocycles. The topological polar surface area (TPSA) is 49.0 Å². The molecule has 4 nitrogen and oxygen atoms in total. The van der Waals surface area contributed by atoms with Crippen LogP contribution in [0.1, 0.15) is 22.5 Å². The number of carbonyl (C=O) groups is 1. The summed E-state index contributed by atoms with van der Waals surface area (Å²) in [6, 6.07) is 18.2. The second-order valence-corrected chi connectivity index (χ2v) is 6.77. The molecule has 1 fully saturated rings. The van der Waals surface area contributed by atoms with Gasteiger partial charge in [0.1, 0.15) is 11.5 Å². The highest BCUT2D eigenvalue weighted by molar-refractivity contribution is 5.93. The average molecular weight is 349 g/mol. The summed E-state index contributed by atoms with van der Waals surface area (Å²) in [5.41, 5.74) is 3.22. The summed E-state index contributed by atoms with van der Waals surface area (Å²) >= 11 is 0. The number of aromatic amines is 1. The quantitative estimate of drug-likeness (QED) is 0.776. The van der Waals surface area contributed by atoms with Gasteiger partial charge >= 0.3 is 0 Å². The van der Waals surface area contributed by atoms with Crippen molar-refractivity contribution in [3.8, 4) is 11.3 Å². The SMILES string of the molecule is O=C(c1cc(-c2ccc(F)cc2)n[nH]1)N1CC[C@@H](Cc2ccccc2)C1. The molecule has 0 unspecified atom stereocenters. The van der Waals surface area contributed by atoms with Crippen LogP contribution in [0.15, 0.2) is 60.7 Å². The Hall–Kier alpha value is -2.95. The lowest BCUT2D eigenvalue weighted by atomic mass is 9.99. The normalized spacial score (nSPS) is 16.8. The third kappa shape index (κ3) is 3.52. The van der Waals surface area contributed by atoms with Gasteiger partial charge in [0.05, 0.1) is 5.69 Å². The highest BCUT2D eigenvalue weighted by atomic mass is 19.1. The lowest BCUT2D eigenvalue weighted by molar-refractivity contribution is 0.0781. The number of H-pyrrole nitrogens is 1. The number of carbonyl (C=O) groups excluding carboxylic acids is 1. The number of likely N-dealkylation sites (tertiary alicyclic amines) is 1. The Kier molecular flexibility index (Phi) is 4.52. The van der Waals surface area contributed by atoms with Gasteiger partial charge < -0.3 is 4.90 Å². The van der Waals surface area contributed by atoms with Crippen LogP contribution < -0.4 is 0 Å². The van der Waals surface area contributed by atoms with Crippen molar-refractivity contribution < 1.29 is 9.18 Å². The Morgan fingerprint density at radius 3 is 2.69 bits per heavy atom. The monoisotopic (exact) mass is 349 g/mol. The lowest BCUT2D eigenvalue weighted by Crippen LogP contribution is -2.29. The molecule has 1 amide bonds. The molecule has 4 rings (SSSR count). The van der Waals surface area contributed by atoms with E-state index in [4.69, 9.17) is 0 Å². The third-order valence-corrected chi connectivity index (χ3v) is 4.89. The molecule has 0 radical (unpaired) electrons. The lowest BCUT2D eigenvalue weighted by Gasteiger charge is -2.15. The first kappa shape index (κ1) is 16.5. The van der Waals surface area contributed by atoms with E-state index in [-0.39, 0.29) is 11.7 Å². The predicted molar refractivity (Wildman–Crippen MR) is 98.1 cm³/mol. The first-order valence-electron chi connectivity index (χ1n) is 8.83. The smallest absolute Gasteiger partial charge is 0.271 e. The van der Waals surface area contributed by atoms with Crippen LogP contribution >= 0.6 is 0 Å². The molecule has 5 heteroatoms. The molecule has 1 aliphatic rings. The van der Waals surface area contributed by atoms with Crippen molar-refractivity contribution in [1.29, 1.82) is 0 Å². The van der Waals surface area contributed by atoms with E-state index in [1.807, 2.05) is 11.0 Å². The van der Waals surface area contributed by atoms with Gasteiger partial charge in [0, 0.05) is 18.7 Å². The van der Waals surface area contributed by atoms with E-state index >= 15 is 0 Å². The molecule has 1 aliphatic heterocycles. The maximum absolute atomic E-state index is 13.0. The van der Waals surface area contributed by atoms with E-state index < -0.39 is 0 Å². The van der Waals surface area contributed by atoms with E-state index in [9.17, 15) is 9.18 Å². The molecular weight excluding hydrogens is 329 g/mol. The second-order valence-electron chi connectivity index (χ2n) is 6.77. The Labute approximate surface area is 151 Å². The van der Waals surface area contributed by atoms with Gasteiger partial charge in [0.15, 0.2) is 0 Å². The van der Waals surface area contributed by atoms with Crippen LogP contribution in [-0.2, 0) is 6.42 Å². The van der Waals surface area contributed by atoms with E-state index in [2.05, 4.69) is 34.5 Å². The summed E-state index contributed by atoms with van der Waals surface area (Å²) in [6.45, 7) is 1.53. The molecule has 26 heavy (non-hydrogen) atoms. The molecule has 2 heterocycles. The van der Waals surface area contributed by atoms with E-state index in [1.54, 1.807) is 18.2 Å². The first-order chi connectivity index (χ1) is 12.7. The van der Waals surface area contributed by atoms with Gasteiger partial charge in [-0.2, -0.15) is 5.10 Å². The number of halogens is 1. The standard InChI is InChI=1S/C21H20FN3O/c22-18-8-6-17(7-9-18)19-13-20(24-23-19)21(26)25-11-10-16(14-25)12-15-4-2-1-3-5-15/h1-9,13,16H,10-12,14H2,(H,23,24)/t16-/m0/s1. The second kappa shape index (κ2) is 7.12. The molecule has 3 aromatic rings. The van der Waals surface area contributed by atoms with Crippen LogP contribution in [0.25, 0.3) is 11.3 Å². The average Bonchev–Trinajstić information content (AvgIpc) is 3.33. The number of hydrogen-bond donors (Lipinski definition) is 1. The minimum Gasteiger partial charge on any atom is -0.337 e. The van der Waals surface area contributed by atoms with Crippen LogP contribution in [0.2, 0.25) is 0 Å². The Morgan fingerprint density at radius 1 is 1.15 bits per heavy atom.